The van der Waals surface area contributed by atoms with Crippen molar-refractivity contribution >= 4 is 23.2 Å². The molecule has 4 aromatic carbocycles. The first-order valence-corrected chi connectivity index (χ1v) is 13.3. The molecule has 1 aliphatic rings. The molecule has 0 aliphatic carbocycles. The molecule has 0 fully saturated rings. The van der Waals surface area contributed by atoms with Crippen molar-refractivity contribution in [2.45, 2.75) is 12.8 Å². The Bertz CT molecular complexity index is 1050. The minimum Gasteiger partial charge on any atom is -0.486 e. The van der Waals surface area contributed by atoms with Crippen LogP contribution in [0.15, 0.2) is 109 Å². The Morgan fingerprint density at radius 3 is 1.59 bits per heavy atom. The molecule has 0 aromatic heterocycles. The molecular formula is C29H28O2P+. The van der Waals surface area contributed by atoms with Gasteiger partial charge in [-0.1, -0.05) is 60.7 Å². The summed E-state index contributed by atoms with van der Waals surface area (Å²) in [4.78, 5) is 0. The molecule has 0 N–H and O–H groups in total. The molecule has 0 radical (unpaired) electrons. The summed E-state index contributed by atoms with van der Waals surface area (Å²) in [6, 6.07) is 39.7. The van der Waals surface area contributed by atoms with Gasteiger partial charge in [-0.2, -0.15) is 0 Å². The van der Waals surface area contributed by atoms with Gasteiger partial charge in [-0.25, -0.2) is 0 Å². The highest BCUT2D eigenvalue weighted by Crippen LogP contribution is 2.55. The van der Waals surface area contributed by atoms with Crippen molar-refractivity contribution in [1.82, 2.24) is 0 Å². The molecular weight excluding hydrogens is 411 g/mol. The van der Waals surface area contributed by atoms with Gasteiger partial charge in [0.15, 0.2) is 11.5 Å². The third kappa shape index (κ3) is 4.16. The highest BCUT2D eigenvalue weighted by atomic mass is 31.2. The molecule has 0 amide bonds. The third-order valence-electron chi connectivity index (χ3n) is 6.16. The second-order valence-electron chi connectivity index (χ2n) is 8.12. The first-order chi connectivity index (χ1) is 15.9. The fourth-order valence-electron chi connectivity index (χ4n) is 4.65. The van der Waals surface area contributed by atoms with Crippen LogP contribution in [0.3, 0.4) is 0 Å². The van der Waals surface area contributed by atoms with Crippen LogP contribution in [0.2, 0.25) is 0 Å². The molecule has 1 aliphatic heterocycles. The largest absolute Gasteiger partial charge is 0.486 e. The van der Waals surface area contributed by atoms with Crippen LogP contribution in [-0.4, -0.2) is 19.4 Å². The zero-order valence-corrected chi connectivity index (χ0v) is 19.1. The van der Waals surface area contributed by atoms with E-state index in [1.54, 1.807) is 0 Å². The number of hydrogen-bond acceptors (Lipinski definition) is 2. The first kappa shape index (κ1) is 20.8. The monoisotopic (exact) mass is 439 g/mol. The van der Waals surface area contributed by atoms with E-state index in [4.69, 9.17) is 9.47 Å². The van der Waals surface area contributed by atoms with Crippen LogP contribution < -0.4 is 25.4 Å². The lowest BCUT2D eigenvalue weighted by Crippen LogP contribution is -2.33. The molecule has 4 aromatic rings. The van der Waals surface area contributed by atoms with E-state index in [-0.39, 0.29) is 0 Å². The summed E-state index contributed by atoms with van der Waals surface area (Å²) in [5.74, 6) is 1.74. The number of benzene rings is 4. The van der Waals surface area contributed by atoms with E-state index in [9.17, 15) is 0 Å². The summed E-state index contributed by atoms with van der Waals surface area (Å²) in [6.07, 6.45) is 3.25. The van der Waals surface area contributed by atoms with Crippen LogP contribution >= 0.6 is 7.26 Å². The summed E-state index contributed by atoms with van der Waals surface area (Å²) in [7, 11) is -1.77. The van der Waals surface area contributed by atoms with Crippen LogP contribution in [0.1, 0.15) is 12.0 Å². The molecule has 32 heavy (non-hydrogen) atoms. The molecule has 160 valence electrons. The molecule has 0 spiro atoms. The summed E-state index contributed by atoms with van der Waals surface area (Å²) < 4.78 is 11.5. The van der Waals surface area contributed by atoms with E-state index in [0.717, 1.165) is 30.5 Å². The van der Waals surface area contributed by atoms with Gasteiger partial charge in [-0.15, -0.1) is 0 Å². The summed E-state index contributed by atoms with van der Waals surface area (Å²) in [6.45, 7) is 1.26. The van der Waals surface area contributed by atoms with Crippen molar-refractivity contribution in [3.8, 4) is 11.5 Å². The van der Waals surface area contributed by atoms with Crippen LogP contribution in [0, 0.1) is 0 Å². The maximum absolute atomic E-state index is 5.80. The van der Waals surface area contributed by atoms with Crippen molar-refractivity contribution in [3.63, 3.8) is 0 Å². The molecule has 1 heterocycles. The van der Waals surface area contributed by atoms with Gasteiger partial charge in [-0.05, 0) is 66.9 Å². The Balaban J connectivity index is 1.50. The maximum Gasteiger partial charge on any atom is 0.161 e. The second kappa shape index (κ2) is 9.59. The van der Waals surface area contributed by atoms with Gasteiger partial charge in [0.25, 0.3) is 0 Å². The van der Waals surface area contributed by atoms with Gasteiger partial charge < -0.3 is 9.47 Å². The van der Waals surface area contributed by atoms with E-state index in [1.807, 2.05) is 0 Å². The standard InChI is InChI=1S/C29H28O2P/c1-4-12-25(13-5-1)32(26-14-6-2-7-15-26,27-16-8-3-9-17-27)22-10-11-24-18-19-28-29(23-24)31-21-20-30-28/h1-9,12-19,23H,10-11,20-22H2/q+1. The average molecular weight is 440 g/mol. The van der Waals surface area contributed by atoms with Gasteiger partial charge >= 0.3 is 0 Å². The lowest BCUT2D eigenvalue weighted by Gasteiger charge is -2.28. The molecule has 0 unspecified atom stereocenters. The Morgan fingerprint density at radius 1 is 0.562 bits per heavy atom. The van der Waals surface area contributed by atoms with E-state index in [2.05, 4.69) is 109 Å². The smallest absolute Gasteiger partial charge is 0.161 e. The Labute approximate surface area is 191 Å². The predicted molar refractivity (Wildman–Crippen MR) is 136 cm³/mol. The first-order valence-electron chi connectivity index (χ1n) is 11.3. The predicted octanol–water partition coefficient (Wildman–Crippen LogP) is 5.38. The summed E-state index contributed by atoms with van der Waals surface area (Å²) in [5.41, 5.74) is 1.31. The van der Waals surface area contributed by atoms with E-state index >= 15 is 0 Å². The molecule has 0 saturated heterocycles. The Morgan fingerprint density at radius 2 is 1.06 bits per heavy atom. The molecule has 0 atom stereocenters. The van der Waals surface area contributed by atoms with Crippen LogP contribution in [0.5, 0.6) is 11.5 Å². The Hall–Kier alpha value is -3.09. The topological polar surface area (TPSA) is 18.5 Å². The molecule has 0 saturated carbocycles. The number of fused-ring (bicyclic) bond motifs is 1. The summed E-state index contributed by atoms with van der Waals surface area (Å²) in [5, 5.41) is 4.33. The van der Waals surface area contributed by atoms with Crippen LogP contribution in [0.25, 0.3) is 0 Å². The minimum absolute atomic E-state index is 0.626. The van der Waals surface area contributed by atoms with Gasteiger partial charge in [0.2, 0.25) is 0 Å². The number of rotatable bonds is 7. The lowest BCUT2D eigenvalue weighted by molar-refractivity contribution is 0.171. The van der Waals surface area contributed by atoms with Gasteiger partial charge in [0, 0.05) is 0 Å². The normalized spacial score (nSPS) is 13.0. The number of hydrogen-bond donors (Lipinski definition) is 0. The fourth-order valence-corrected chi connectivity index (χ4v) is 8.99. The maximum atomic E-state index is 5.80. The van der Waals surface area contributed by atoms with Gasteiger partial charge in [-0.3, -0.25) is 0 Å². The van der Waals surface area contributed by atoms with Gasteiger partial charge in [0.1, 0.15) is 36.4 Å². The highest BCUT2D eigenvalue weighted by Gasteiger charge is 2.44. The zero-order valence-electron chi connectivity index (χ0n) is 18.2. The number of aryl methyl sites for hydroxylation is 1. The molecule has 5 rings (SSSR count). The average Bonchev–Trinajstić information content (AvgIpc) is 2.88. The van der Waals surface area contributed by atoms with E-state index in [0.29, 0.717) is 13.2 Å². The number of ether oxygens (including phenoxy) is 2. The van der Waals surface area contributed by atoms with Crippen molar-refractivity contribution in [1.29, 1.82) is 0 Å². The van der Waals surface area contributed by atoms with E-state index in [1.165, 1.54) is 21.5 Å². The SMILES string of the molecule is c1ccc([P+](CCCc2ccc3c(c2)OCCO3)(c2ccccc2)c2ccccc2)cc1. The highest BCUT2D eigenvalue weighted by molar-refractivity contribution is 7.95. The molecule has 0 bridgehead atoms. The summed E-state index contributed by atoms with van der Waals surface area (Å²) >= 11 is 0. The van der Waals surface area contributed by atoms with Crippen molar-refractivity contribution in [2.24, 2.45) is 0 Å². The third-order valence-corrected chi connectivity index (χ3v) is 10.7. The minimum atomic E-state index is -1.77. The quantitative estimate of drug-likeness (QED) is 0.360. The molecule has 3 heteroatoms. The van der Waals surface area contributed by atoms with Gasteiger partial charge in [0.05, 0.1) is 6.16 Å². The van der Waals surface area contributed by atoms with Crippen molar-refractivity contribution in [3.05, 3.63) is 115 Å². The Kier molecular flexibility index (Phi) is 6.23. The second-order valence-corrected chi connectivity index (χ2v) is 11.7. The fraction of sp³-hybridized carbons (Fsp3) is 0.172. The lowest BCUT2D eigenvalue weighted by atomic mass is 10.1. The van der Waals surface area contributed by atoms with Crippen LogP contribution in [-0.2, 0) is 6.42 Å². The van der Waals surface area contributed by atoms with Crippen molar-refractivity contribution < 1.29 is 9.47 Å². The van der Waals surface area contributed by atoms with E-state index < -0.39 is 7.26 Å². The van der Waals surface area contributed by atoms with Crippen LogP contribution in [0.4, 0.5) is 0 Å². The van der Waals surface area contributed by atoms with Crippen molar-refractivity contribution in [2.75, 3.05) is 19.4 Å². The molecule has 2 nitrogen and oxygen atoms in total. The zero-order chi connectivity index (χ0) is 21.6.